The minimum atomic E-state index is -1.24. The quantitative estimate of drug-likeness (QED) is 0.141. The molecule has 0 bridgehead atoms. The fourth-order valence-electron chi connectivity index (χ4n) is 1.85. The summed E-state index contributed by atoms with van der Waals surface area (Å²) in [5.41, 5.74) is 6.88. The van der Waals surface area contributed by atoms with Crippen LogP contribution in [0.3, 0.4) is 0 Å². The molecule has 5 N–H and O–H groups in total. The van der Waals surface area contributed by atoms with Crippen molar-refractivity contribution >= 4 is 41.0 Å². The molecule has 1 unspecified atom stereocenters. The number of carbonyl (C=O) groups is 2. The Labute approximate surface area is 163 Å². The van der Waals surface area contributed by atoms with Crippen molar-refractivity contribution in [2.45, 2.75) is 18.9 Å². The molecule has 27 heavy (non-hydrogen) atoms. The predicted octanol–water partition coefficient (Wildman–Crippen LogP) is 0.818. The Morgan fingerprint density at radius 2 is 2.11 bits per heavy atom. The summed E-state index contributed by atoms with van der Waals surface area (Å²) in [6, 6.07) is 3.27. The number of aliphatic imine (C=N–C) groups is 1. The first kappa shape index (κ1) is 22.3. The van der Waals surface area contributed by atoms with Crippen LogP contribution in [-0.2, 0) is 9.59 Å². The van der Waals surface area contributed by atoms with Gasteiger partial charge in [-0.1, -0.05) is 28.6 Å². The second-order valence-electron chi connectivity index (χ2n) is 5.10. The summed E-state index contributed by atoms with van der Waals surface area (Å²) in [4.78, 5) is 36.9. The summed E-state index contributed by atoms with van der Waals surface area (Å²) in [7, 11) is 0. The number of hydrogen-bond donors (Lipinski definition) is 4. The number of carboxylic acids is 1. The molecule has 0 radical (unpaired) electrons. The van der Waals surface area contributed by atoms with E-state index >= 15 is 0 Å². The van der Waals surface area contributed by atoms with Gasteiger partial charge in [0.1, 0.15) is 11.8 Å². The molecule has 1 aromatic carbocycles. The molecule has 0 saturated heterocycles. The predicted molar refractivity (Wildman–Crippen MR) is 97.4 cm³/mol. The molecule has 0 fully saturated rings. The number of halogens is 2. The Kier molecular flexibility index (Phi) is 9.09. The fraction of sp³-hybridized carbons (Fsp3) is 0.357. The smallest absolute Gasteiger partial charge is 0.326 e. The second kappa shape index (κ2) is 11.0. The summed E-state index contributed by atoms with van der Waals surface area (Å²) in [5.74, 6) is -2.07. The zero-order chi connectivity index (χ0) is 20.4. The van der Waals surface area contributed by atoms with Gasteiger partial charge in [-0.2, -0.15) is 0 Å². The molecule has 148 valence electrons. The zero-order valence-electron chi connectivity index (χ0n) is 13.9. The third-order valence-electron chi connectivity index (χ3n) is 3.02. The molecule has 0 aromatic heterocycles. The van der Waals surface area contributed by atoms with Crippen LogP contribution in [0.1, 0.15) is 12.8 Å². The molecule has 1 rings (SSSR count). The molecule has 0 saturated carbocycles. The van der Waals surface area contributed by atoms with Gasteiger partial charge < -0.3 is 20.9 Å². The van der Waals surface area contributed by atoms with Crippen molar-refractivity contribution in [2.24, 2.45) is 10.7 Å². The first-order chi connectivity index (χ1) is 12.7. The number of guanidine groups is 1. The Bertz CT molecular complexity index is 730. The molecule has 1 amide bonds. The van der Waals surface area contributed by atoms with Gasteiger partial charge in [0.05, 0.1) is 5.02 Å². The van der Waals surface area contributed by atoms with Crippen LogP contribution < -0.4 is 21.2 Å². The van der Waals surface area contributed by atoms with Gasteiger partial charge in [-0.3, -0.25) is 4.79 Å². The van der Waals surface area contributed by atoms with Gasteiger partial charge in [0.2, 0.25) is 0 Å². The van der Waals surface area contributed by atoms with E-state index in [1.54, 1.807) is 5.43 Å². The standard InChI is InChI=1S/C14H17Cl2N5O6/c15-8-3-4-11(9(16)6-8)27-7-12(22)19-10(13(23)24)2-1-5-18-14(17)20-21(25)26/h3-4,6,10H,1-2,5,7H2,(H,19,22)(H,23,24)(H3,17,18,20). The molecule has 0 aliphatic carbocycles. The van der Waals surface area contributed by atoms with Crippen molar-refractivity contribution in [1.82, 2.24) is 10.7 Å². The van der Waals surface area contributed by atoms with Crippen molar-refractivity contribution < 1.29 is 24.5 Å². The monoisotopic (exact) mass is 421 g/mol. The third kappa shape index (κ3) is 8.92. The van der Waals surface area contributed by atoms with Crippen molar-refractivity contribution in [3.63, 3.8) is 0 Å². The number of hydrazine groups is 1. The van der Waals surface area contributed by atoms with Crippen LogP contribution in [0.25, 0.3) is 0 Å². The van der Waals surface area contributed by atoms with Gasteiger partial charge in [0.25, 0.3) is 11.9 Å². The summed E-state index contributed by atoms with van der Waals surface area (Å²) in [6.45, 7) is -0.397. The number of benzene rings is 1. The van der Waals surface area contributed by atoms with Crippen LogP contribution >= 0.6 is 23.2 Å². The highest BCUT2D eigenvalue weighted by molar-refractivity contribution is 6.35. The van der Waals surface area contributed by atoms with E-state index in [2.05, 4.69) is 10.3 Å². The Hall–Kier alpha value is -2.79. The van der Waals surface area contributed by atoms with Crippen LogP contribution in [-0.4, -0.2) is 47.2 Å². The highest BCUT2D eigenvalue weighted by atomic mass is 35.5. The number of carboxylic acid groups (broad SMARTS) is 1. The van der Waals surface area contributed by atoms with E-state index in [1.165, 1.54) is 18.2 Å². The first-order valence-corrected chi connectivity index (χ1v) is 8.25. The average molecular weight is 422 g/mol. The number of hydrogen-bond acceptors (Lipinski definition) is 6. The van der Waals surface area contributed by atoms with Crippen LogP contribution in [0.4, 0.5) is 0 Å². The zero-order valence-corrected chi connectivity index (χ0v) is 15.4. The highest BCUT2D eigenvalue weighted by Gasteiger charge is 2.20. The van der Waals surface area contributed by atoms with E-state index in [4.69, 9.17) is 38.8 Å². The highest BCUT2D eigenvalue weighted by Crippen LogP contribution is 2.27. The lowest BCUT2D eigenvalue weighted by molar-refractivity contribution is -0.525. The lowest BCUT2D eigenvalue weighted by atomic mass is 10.1. The van der Waals surface area contributed by atoms with E-state index in [9.17, 15) is 19.7 Å². The molecule has 0 spiro atoms. The van der Waals surface area contributed by atoms with Gasteiger partial charge in [0, 0.05) is 11.6 Å². The Morgan fingerprint density at radius 3 is 2.70 bits per heavy atom. The molecule has 0 aliphatic heterocycles. The number of nitrogens with zero attached hydrogens (tertiary/aromatic N) is 2. The van der Waals surface area contributed by atoms with E-state index in [1.807, 2.05) is 0 Å². The Balaban J connectivity index is 2.45. The molecule has 11 nitrogen and oxygen atoms in total. The van der Waals surface area contributed by atoms with E-state index in [-0.39, 0.29) is 30.2 Å². The Morgan fingerprint density at radius 1 is 1.41 bits per heavy atom. The van der Waals surface area contributed by atoms with Gasteiger partial charge >= 0.3 is 5.97 Å². The normalized spacial score (nSPS) is 12.1. The lowest BCUT2D eigenvalue weighted by Crippen LogP contribution is -2.43. The van der Waals surface area contributed by atoms with Crippen molar-refractivity contribution in [2.75, 3.05) is 13.2 Å². The summed E-state index contributed by atoms with van der Waals surface area (Å²) < 4.78 is 5.22. The van der Waals surface area contributed by atoms with Crippen LogP contribution in [0.2, 0.25) is 10.0 Å². The molecule has 0 heterocycles. The topological polar surface area (TPSA) is 169 Å². The largest absolute Gasteiger partial charge is 0.482 e. The fourth-order valence-corrected chi connectivity index (χ4v) is 2.32. The number of amides is 1. The first-order valence-electron chi connectivity index (χ1n) is 7.50. The number of aliphatic carboxylic acids is 1. The average Bonchev–Trinajstić information content (AvgIpc) is 2.55. The van der Waals surface area contributed by atoms with Gasteiger partial charge in [-0.15, -0.1) is 0 Å². The lowest BCUT2D eigenvalue weighted by Gasteiger charge is -2.14. The number of nitrogens with one attached hydrogen (secondary N) is 2. The summed E-state index contributed by atoms with van der Waals surface area (Å²) >= 11 is 11.7. The number of nitrogens with two attached hydrogens (primary N) is 1. The van der Waals surface area contributed by atoms with Gasteiger partial charge in [-0.05, 0) is 31.0 Å². The third-order valence-corrected chi connectivity index (χ3v) is 3.56. The van der Waals surface area contributed by atoms with E-state index < -0.39 is 35.5 Å². The number of rotatable bonds is 10. The van der Waals surface area contributed by atoms with E-state index in [0.717, 1.165) is 0 Å². The van der Waals surface area contributed by atoms with Crippen LogP contribution in [0, 0.1) is 10.1 Å². The molecular formula is C14H17Cl2N5O6. The maximum Gasteiger partial charge on any atom is 0.326 e. The number of nitro groups is 1. The van der Waals surface area contributed by atoms with Crippen molar-refractivity contribution in [3.8, 4) is 5.75 Å². The summed E-state index contributed by atoms with van der Waals surface area (Å²) in [5, 5.41) is 21.3. The minimum absolute atomic E-state index is 0.0397. The van der Waals surface area contributed by atoms with E-state index in [0.29, 0.717) is 5.02 Å². The maximum atomic E-state index is 11.9. The van der Waals surface area contributed by atoms with Gasteiger partial charge in [-0.25, -0.2) is 19.9 Å². The molecule has 1 aromatic rings. The minimum Gasteiger partial charge on any atom is -0.482 e. The van der Waals surface area contributed by atoms with Crippen molar-refractivity contribution in [1.29, 1.82) is 0 Å². The SMILES string of the molecule is NC(=NCCCC(NC(=O)COc1ccc(Cl)cc1Cl)C(=O)O)N[N+](=O)[O-]. The molecule has 13 heteroatoms. The molecular weight excluding hydrogens is 405 g/mol. The number of ether oxygens (including phenoxy) is 1. The maximum absolute atomic E-state index is 11.9. The number of carbonyl (C=O) groups excluding carboxylic acids is 1. The molecule has 1 atom stereocenters. The molecule has 0 aliphatic rings. The van der Waals surface area contributed by atoms with Gasteiger partial charge in [0.15, 0.2) is 11.6 Å². The van der Waals surface area contributed by atoms with Crippen molar-refractivity contribution in [3.05, 3.63) is 38.4 Å². The second-order valence-corrected chi connectivity index (χ2v) is 5.94. The summed E-state index contributed by atoms with van der Waals surface area (Å²) in [6.07, 6.45) is 0.263. The van der Waals surface area contributed by atoms with Crippen LogP contribution in [0.5, 0.6) is 5.75 Å². The van der Waals surface area contributed by atoms with Crippen LogP contribution in [0.15, 0.2) is 23.2 Å².